The maximum atomic E-state index is 3.38. The lowest BCUT2D eigenvalue weighted by Gasteiger charge is -2.34. The third-order valence-corrected chi connectivity index (χ3v) is 4.30. The normalized spacial score (nSPS) is 27.2. The van der Waals surface area contributed by atoms with Crippen LogP contribution in [0.15, 0.2) is 0 Å². The third-order valence-electron chi connectivity index (χ3n) is 3.07. The second-order valence-electron chi connectivity index (χ2n) is 4.93. The zero-order chi connectivity index (χ0) is 11.8. The predicted molar refractivity (Wildman–Crippen MR) is 75.3 cm³/mol. The molecule has 0 spiro atoms. The maximum Gasteiger partial charge on any atom is 0.0149 e. The number of hydrogen-bond donors (Lipinski definition) is 1. The summed E-state index contributed by atoms with van der Waals surface area (Å²) in [6, 6.07) is 0. The summed E-state index contributed by atoms with van der Waals surface area (Å²) in [6.07, 6.45) is 4.08. The molecule has 1 saturated heterocycles. The molecule has 0 aromatic heterocycles. The van der Waals surface area contributed by atoms with E-state index in [-0.39, 0.29) is 0 Å². The van der Waals surface area contributed by atoms with Crippen molar-refractivity contribution in [3.63, 3.8) is 0 Å². The van der Waals surface area contributed by atoms with Crippen LogP contribution in [0.5, 0.6) is 0 Å². The summed E-state index contributed by atoms with van der Waals surface area (Å²) in [6.45, 7) is 13.1. The van der Waals surface area contributed by atoms with E-state index in [4.69, 9.17) is 0 Å². The Kier molecular flexibility index (Phi) is 7.50. The Morgan fingerprint density at radius 3 is 2.44 bits per heavy atom. The van der Waals surface area contributed by atoms with Crippen molar-refractivity contribution < 1.29 is 0 Å². The van der Waals surface area contributed by atoms with Crippen LogP contribution in [0.1, 0.15) is 40.0 Å². The number of rotatable bonds is 7. The highest BCUT2D eigenvalue weighted by Gasteiger charge is 2.21. The Bertz CT molecular complexity index is 165. The second-order valence-corrected chi connectivity index (χ2v) is 6.81. The van der Waals surface area contributed by atoms with Crippen LogP contribution in [0, 0.1) is 0 Å². The molecule has 1 fully saturated rings. The van der Waals surface area contributed by atoms with Gasteiger partial charge in [-0.2, -0.15) is 11.8 Å². The molecule has 1 aliphatic rings. The van der Waals surface area contributed by atoms with Crippen molar-refractivity contribution in [3.05, 3.63) is 0 Å². The number of hydrogen-bond acceptors (Lipinski definition) is 3. The quantitative estimate of drug-likeness (QED) is 0.693. The first-order valence-electron chi connectivity index (χ1n) is 6.81. The van der Waals surface area contributed by atoms with Crippen molar-refractivity contribution in [1.82, 2.24) is 10.2 Å². The average molecular weight is 244 g/mol. The van der Waals surface area contributed by atoms with Crippen LogP contribution in [0.3, 0.4) is 0 Å². The molecular formula is C13H28N2S. The Morgan fingerprint density at radius 2 is 1.81 bits per heavy atom. The smallest absolute Gasteiger partial charge is 0.0149 e. The van der Waals surface area contributed by atoms with Gasteiger partial charge < -0.3 is 10.2 Å². The lowest BCUT2D eigenvalue weighted by Crippen LogP contribution is -2.40. The van der Waals surface area contributed by atoms with Gasteiger partial charge in [0.15, 0.2) is 0 Å². The average Bonchev–Trinajstić information content (AvgIpc) is 2.22. The maximum absolute atomic E-state index is 3.38. The molecule has 96 valence electrons. The molecule has 0 aromatic rings. The van der Waals surface area contributed by atoms with Crippen molar-refractivity contribution in [1.29, 1.82) is 0 Å². The molecule has 0 saturated carbocycles. The van der Waals surface area contributed by atoms with Crippen LogP contribution in [-0.2, 0) is 0 Å². The summed E-state index contributed by atoms with van der Waals surface area (Å²) in [7, 11) is 0. The minimum absolute atomic E-state index is 0.825. The largest absolute Gasteiger partial charge is 0.317 e. The Balaban J connectivity index is 1.99. The van der Waals surface area contributed by atoms with Crippen LogP contribution < -0.4 is 5.32 Å². The molecule has 0 radical (unpaired) electrons. The summed E-state index contributed by atoms with van der Waals surface area (Å²) >= 11 is 2.14. The first kappa shape index (κ1) is 14.3. The van der Waals surface area contributed by atoms with Gasteiger partial charge in [0, 0.05) is 23.6 Å². The summed E-state index contributed by atoms with van der Waals surface area (Å²) in [5.74, 6) is 0. The number of unbranched alkanes of at least 4 members (excludes halogenated alkanes) is 2. The molecule has 3 heteroatoms. The number of thioether (sulfide) groups is 1. The molecule has 0 aliphatic carbocycles. The van der Waals surface area contributed by atoms with Gasteiger partial charge in [0.2, 0.25) is 0 Å². The standard InChI is InChI=1S/C13H28N2S/c1-4-14-8-6-5-7-9-15-10-12(2)16-13(3)11-15/h12-14H,4-11H2,1-3H3. The molecule has 0 amide bonds. The summed E-state index contributed by atoms with van der Waals surface area (Å²) in [5, 5.41) is 5.03. The van der Waals surface area contributed by atoms with Crippen LogP contribution in [0.25, 0.3) is 0 Å². The van der Waals surface area contributed by atoms with E-state index in [0.717, 1.165) is 17.0 Å². The fourth-order valence-corrected chi connectivity index (χ4v) is 3.79. The van der Waals surface area contributed by atoms with Gasteiger partial charge in [-0.15, -0.1) is 0 Å². The fourth-order valence-electron chi connectivity index (χ4n) is 2.41. The van der Waals surface area contributed by atoms with Gasteiger partial charge in [0.25, 0.3) is 0 Å². The number of nitrogens with one attached hydrogen (secondary N) is 1. The van der Waals surface area contributed by atoms with Gasteiger partial charge in [0.1, 0.15) is 0 Å². The van der Waals surface area contributed by atoms with Crippen LogP contribution >= 0.6 is 11.8 Å². The van der Waals surface area contributed by atoms with E-state index in [0.29, 0.717) is 0 Å². The van der Waals surface area contributed by atoms with Gasteiger partial charge in [-0.3, -0.25) is 0 Å². The van der Waals surface area contributed by atoms with Crippen molar-refractivity contribution >= 4 is 11.8 Å². The van der Waals surface area contributed by atoms with Crippen molar-refractivity contribution in [2.45, 2.75) is 50.5 Å². The monoisotopic (exact) mass is 244 g/mol. The topological polar surface area (TPSA) is 15.3 Å². The van der Waals surface area contributed by atoms with Crippen LogP contribution in [0.4, 0.5) is 0 Å². The van der Waals surface area contributed by atoms with Gasteiger partial charge >= 0.3 is 0 Å². The molecule has 1 rings (SSSR count). The summed E-state index contributed by atoms with van der Waals surface area (Å²) in [4.78, 5) is 2.65. The van der Waals surface area contributed by atoms with Gasteiger partial charge in [0.05, 0.1) is 0 Å². The first-order valence-corrected chi connectivity index (χ1v) is 7.75. The van der Waals surface area contributed by atoms with Crippen molar-refractivity contribution in [2.75, 3.05) is 32.7 Å². The summed E-state index contributed by atoms with van der Waals surface area (Å²) < 4.78 is 0. The van der Waals surface area contributed by atoms with E-state index in [1.165, 1.54) is 45.4 Å². The van der Waals surface area contributed by atoms with E-state index in [9.17, 15) is 0 Å². The molecular weight excluding hydrogens is 216 g/mol. The molecule has 0 aromatic carbocycles. The Labute approximate surface area is 106 Å². The van der Waals surface area contributed by atoms with Crippen molar-refractivity contribution in [2.24, 2.45) is 0 Å². The van der Waals surface area contributed by atoms with Crippen molar-refractivity contribution in [3.8, 4) is 0 Å². The van der Waals surface area contributed by atoms with E-state index < -0.39 is 0 Å². The minimum atomic E-state index is 0.825. The van der Waals surface area contributed by atoms with E-state index in [1.54, 1.807) is 0 Å². The third kappa shape index (κ3) is 6.12. The zero-order valence-electron chi connectivity index (χ0n) is 11.2. The van der Waals surface area contributed by atoms with Gasteiger partial charge in [-0.25, -0.2) is 0 Å². The second kappa shape index (κ2) is 8.37. The predicted octanol–water partition coefficient (Wildman–Crippen LogP) is 2.59. The Hall–Kier alpha value is 0.270. The molecule has 1 heterocycles. The lowest BCUT2D eigenvalue weighted by molar-refractivity contribution is 0.264. The van der Waals surface area contributed by atoms with E-state index in [2.05, 4.69) is 42.7 Å². The van der Waals surface area contributed by atoms with Crippen LogP contribution in [-0.4, -0.2) is 48.1 Å². The number of nitrogens with zero attached hydrogens (tertiary/aromatic N) is 1. The highest BCUT2D eigenvalue weighted by Crippen LogP contribution is 2.24. The molecule has 1 aliphatic heterocycles. The van der Waals surface area contributed by atoms with Crippen LogP contribution in [0.2, 0.25) is 0 Å². The molecule has 0 bridgehead atoms. The minimum Gasteiger partial charge on any atom is -0.317 e. The SMILES string of the molecule is CCNCCCCCN1CC(C)SC(C)C1. The fraction of sp³-hybridized carbons (Fsp3) is 1.00. The lowest BCUT2D eigenvalue weighted by atomic mass is 10.2. The highest BCUT2D eigenvalue weighted by molar-refractivity contribution is 8.00. The molecule has 16 heavy (non-hydrogen) atoms. The molecule has 1 N–H and O–H groups in total. The molecule has 2 atom stereocenters. The highest BCUT2D eigenvalue weighted by atomic mass is 32.2. The molecule has 2 unspecified atom stereocenters. The first-order chi connectivity index (χ1) is 7.72. The zero-order valence-corrected chi connectivity index (χ0v) is 12.0. The van der Waals surface area contributed by atoms with E-state index in [1.807, 2.05) is 0 Å². The Morgan fingerprint density at radius 1 is 1.12 bits per heavy atom. The molecule has 2 nitrogen and oxygen atoms in total. The summed E-state index contributed by atoms with van der Waals surface area (Å²) in [5.41, 5.74) is 0. The van der Waals surface area contributed by atoms with Gasteiger partial charge in [-0.1, -0.05) is 27.2 Å². The van der Waals surface area contributed by atoms with Gasteiger partial charge in [-0.05, 0) is 32.5 Å². The van der Waals surface area contributed by atoms with E-state index >= 15 is 0 Å².